The summed E-state index contributed by atoms with van der Waals surface area (Å²) in [6.45, 7) is 14.0. The van der Waals surface area contributed by atoms with Gasteiger partial charge in [0.15, 0.2) is 0 Å². The second kappa shape index (κ2) is 9.04. The van der Waals surface area contributed by atoms with E-state index in [1.54, 1.807) is 0 Å². The molecule has 0 radical (unpaired) electrons. The smallest absolute Gasteiger partial charge is 0.00101 e. The molecule has 0 saturated carbocycles. The van der Waals surface area contributed by atoms with Gasteiger partial charge in [-0.25, -0.2) is 0 Å². The molecule has 0 aliphatic carbocycles. The van der Waals surface area contributed by atoms with Gasteiger partial charge in [0, 0.05) is 6.54 Å². The first-order valence-electron chi connectivity index (χ1n) is 7.37. The number of nitrogens with one attached hydrogen (secondary N) is 1. The maximum absolute atomic E-state index is 3.59. The summed E-state index contributed by atoms with van der Waals surface area (Å²) in [6, 6.07) is 0. The van der Waals surface area contributed by atoms with Crippen LogP contribution in [-0.4, -0.2) is 13.1 Å². The van der Waals surface area contributed by atoms with E-state index in [2.05, 4.69) is 39.9 Å². The minimum atomic E-state index is 0.544. The molecule has 0 aliphatic heterocycles. The summed E-state index contributed by atoms with van der Waals surface area (Å²) >= 11 is 0. The van der Waals surface area contributed by atoms with Crippen LogP contribution in [0.3, 0.4) is 0 Å². The van der Waals surface area contributed by atoms with E-state index in [1.807, 2.05) is 0 Å². The van der Waals surface area contributed by atoms with Gasteiger partial charge in [0.25, 0.3) is 0 Å². The highest BCUT2D eigenvalue weighted by Crippen LogP contribution is 2.38. The van der Waals surface area contributed by atoms with Crippen molar-refractivity contribution in [1.29, 1.82) is 0 Å². The number of rotatable bonds is 10. The largest absolute Gasteiger partial charge is 0.316 e. The molecule has 1 N–H and O–H groups in total. The molecule has 0 amide bonds. The third-order valence-electron chi connectivity index (χ3n) is 4.23. The quantitative estimate of drug-likeness (QED) is 0.574. The summed E-state index contributed by atoms with van der Waals surface area (Å²) in [5.41, 5.74) is 0.544. The molecule has 0 spiro atoms. The lowest BCUT2D eigenvalue weighted by Gasteiger charge is -2.39. The van der Waals surface area contributed by atoms with Crippen molar-refractivity contribution >= 4 is 0 Å². The van der Waals surface area contributed by atoms with Crippen molar-refractivity contribution in [2.45, 2.75) is 73.1 Å². The Morgan fingerprint density at radius 2 is 1.75 bits per heavy atom. The zero-order chi connectivity index (χ0) is 12.4. The Kier molecular flexibility index (Phi) is 9.02. The highest BCUT2D eigenvalue weighted by molar-refractivity contribution is 4.85. The van der Waals surface area contributed by atoms with E-state index < -0.39 is 0 Å². The van der Waals surface area contributed by atoms with Gasteiger partial charge in [-0.15, -0.1) is 0 Å². The molecule has 0 saturated heterocycles. The number of hydrogen-bond acceptors (Lipinski definition) is 1. The zero-order valence-electron chi connectivity index (χ0n) is 12.2. The fraction of sp³-hybridized carbons (Fsp3) is 1.00. The molecular formula is C15H33N. The molecule has 2 atom stereocenters. The van der Waals surface area contributed by atoms with E-state index in [9.17, 15) is 0 Å². The second-order valence-electron chi connectivity index (χ2n) is 5.29. The van der Waals surface area contributed by atoms with Crippen molar-refractivity contribution in [3.63, 3.8) is 0 Å². The van der Waals surface area contributed by atoms with Gasteiger partial charge in [0.1, 0.15) is 0 Å². The minimum Gasteiger partial charge on any atom is -0.316 e. The van der Waals surface area contributed by atoms with Crippen molar-refractivity contribution in [2.24, 2.45) is 11.3 Å². The predicted octanol–water partition coefficient (Wildman–Crippen LogP) is 4.62. The van der Waals surface area contributed by atoms with Crippen LogP contribution in [0.5, 0.6) is 0 Å². The van der Waals surface area contributed by atoms with Crippen molar-refractivity contribution in [3.05, 3.63) is 0 Å². The molecule has 0 fully saturated rings. The van der Waals surface area contributed by atoms with Crippen molar-refractivity contribution in [2.75, 3.05) is 13.1 Å². The highest BCUT2D eigenvalue weighted by Gasteiger charge is 2.32. The lowest BCUT2D eigenvalue weighted by molar-refractivity contribution is 0.131. The third-order valence-corrected chi connectivity index (χ3v) is 4.23. The monoisotopic (exact) mass is 227 g/mol. The van der Waals surface area contributed by atoms with Crippen LogP contribution >= 0.6 is 0 Å². The third kappa shape index (κ3) is 4.86. The molecule has 0 aromatic rings. The van der Waals surface area contributed by atoms with Gasteiger partial charge in [-0.2, -0.15) is 0 Å². The van der Waals surface area contributed by atoms with Gasteiger partial charge in [-0.1, -0.05) is 60.3 Å². The topological polar surface area (TPSA) is 12.0 Å². The fourth-order valence-electron chi connectivity index (χ4n) is 2.80. The maximum atomic E-state index is 3.59. The first-order chi connectivity index (χ1) is 7.66. The summed E-state index contributed by atoms with van der Waals surface area (Å²) in [6.07, 6.45) is 8.12. The van der Waals surface area contributed by atoms with E-state index in [0.29, 0.717) is 5.41 Å². The Balaban J connectivity index is 4.50. The van der Waals surface area contributed by atoms with Crippen molar-refractivity contribution in [1.82, 2.24) is 5.32 Å². The molecule has 1 nitrogen and oxygen atoms in total. The highest BCUT2D eigenvalue weighted by atomic mass is 14.9. The molecule has 0 aromatic carbocycles. The summed E-state index contributed by atoms with van der Waals surface area (Å²) < 4.78 is 0. The number of hydrogen-bond donors (Lipinski definition) is 1. The predicted molar refractivity (Wildman–Crippen MR) is 74.9 cm³/mol. The Labute approximate surface area is 103 Å². The van der Waals surface area contributed by atoms with Crippen LogP contribution < -0.4 is 5.32 Å². The van der Waals surface area contributed by atoms with Crippen LogP contribution in [0.25, 0.3) is 0 Å². The van der Waals surface area contributed by atoms with Gasteiger partial charge < -0.3 is 5.32 Å². The SMILES string of the molecule is CCCCC(CC)(CNCC)C(C)CCC. The Morgan fingerprint density at radius 1 is 1.06 bits per heavy atom. The number of unbranched alkanes of at least 4 members (excludes halogenated alkanes) is 1. The molecule has 0 aromatic heterocycles. The molecule has 0 heterocycles. The van der Waals surface area contributed by atoms with Crippen molar-refractivity contribution < 1.29 is 0 Å². The lowest BCUT2D eigenvalue weighted by Crippen LogP contribution is -2.39. The van der Waals surface area contributed by atoms with Crippen LogP contribution in [0.2, 0.25) is 0 Å². The lowest BCUT2D eigenvalue weighted by atomic mass is 9.69. The Hall–Kier alpha value is -0.0400. The fourth-order valence-corrected chi connectivity index (χ4v) is 2.80. The Morgan fingerprint density at radius 3 is 2.19 bits per heavy atom. The van der Waals surface area contributed by atoms with E-state index in [4.69, 9.17) is 0 Å². The molecule has 2 unspecified atom stereocenters. The summed E-state index contributed by atoms with van der Waals surface area (Å²) in [4.78, 5) is 0. The first kappa shape index (κ1) is 16.0. The van der Waals surface area contributed by atoms with Gasteiger partial charge in [-0.05, 0) is 30.7 Å². The van der Waals surface area contributed by atoms with Crippen LogP contribution in [0.1, 0.15) is 73.1 Å². The minimum absolute atomic E-state index is 0.544. The van der Waals surface area contributed by atoms with Crippen LogP contribution in [0, 0.1) is 11.3 Å². The Bertz CT molecular complexity index is 146. The maximum Gasteiger partial charge on any atom is 0.00101 e. The standard InChI is InChI=1S/C15H33N/c1-6-10-12-15(8-3,13-16-9-4)14(5)11-7-2/h14,16H,6-13H2,1-5H3. The second-order valence-corrected chi connectivity index (χ2v) is 5.29. The average molecular weight is 227 g/mol. The van der Waals surface area contributed by atoms with Crippen LogP contribution in [0.4, 0.5) is 0 Å². The summed E-state index contributed by atoms with van der Waals surface area (Å²) in [7, 11) is 0. The van der Waals surface area contributed by atoms with E-state index in [1.165, 1.54) is 45.1 Å². The van der Waals surface area contributed by atoms with Crippen LogP contribution in [-0.2, 0) is 0 Å². The summed E-state index contributed by atoms with van der Waals surface area (Å²) in [5.74, 6) is 0.855. The molecule has 0 rings (SSSR count). The van der Waals surface area contributed by atoms with Gasteiger partial charge in [-0.3, -0.25) is 0 Å². The summed E-state index contributed by atoms with van der Waals surface area (Å²) in [5, 5.41) is 3.59. The molecule has 16 heavy (non-hydrogen) atoms. The average Bonchev–Trinajstić information content (AvgIpc) is 2.30. The van der Waals surface area contributed by atoms with E-state index in [-0.39, 0.29) is 0 Å². The van der Waals surface area contributed by atoms with Gasteiger partial charge in [0.05, 0.1) is 0 Å². The molecule has 1 heteroatoms. The normalized spacial score (nSPS) is 17.1. The van der Waals surface area contributed by atoms with Gasteiger partial charge >= 0.3 is 0 Å². The van der Waals surface area contributed by atoms with E-state index >= 15 is 0 Å². The van der Waals surface area contributed by atoms with Gasteiger partial charge in [0.2, 0.25) is 0 Å². The first-order valence-corrected chi connectivity index (χ1v) is 7.37. The molecule has 0 aliphatic rings. The molecule has 98 valence electrons. The molecule has 0 bridgehead atoms. The van der Waals surface area contributed by atoms with E-state index in [0.717, 1.165) is 12.5 Å². The zero-order valence-corrected chi connectivity index (χ0v) is 12.2. The molecular weight excluding hydrogens is 194 g/mol. The van der Waals surface area contributed by atoms with Crippen LogP contribution in [0.15, 0.2) is 0 Å². The van der Waals surface area contributed by atoms with Crippen molar-refractivity contribution in [3.8, 4) is 0 Å².